The van der Waals surface area contributed by atoms with E-state index >= 15 is 0 Å². The molecule has 1 aliphatic heterocycles. The number of rotatable bonds is 4. The van der Waals surface area contributed by atoms with Gasteiger partial charge in [0.1, 0.15) is 8.07 Å². The molecule has 0 aromatic heterocycles. The van der Waals surface area contributed by atoms with Crippen molar-refractivity contribution in [2.24, 2.45) is 0 Å². The molecule has 0 saturated heterocycles. The third-order valence-corrected chi connectivity index (χ3v) is 19.7. The van der Waals surface area contributed by atoms with E-state index in [4.69, 9.17) is 0 Å². The fourth-order valence-corrected chi connectivity index (χ4v) is 15.8. The number of hydrogen-bond donors (Lipinski definition) is 0. The van der Waals surface area contributed by atoms with Gasteiger partial charge in [-0.3, -0.25) is 0 Å². The lowest BCUT2D eigenvalue weighted by molar-refractivity contribution is 0.660. The molecular formula is C64H52Si. The lowest BCUT2D eigenvalue weighted by Gasteiger charge is -2.25. The molecule has 65 heavy (non-hydrogen) atoms. The molecule has 0 bridgehead atoms. The van der Waals surface area contributed by atoms with Gasteiger partial charge in [-0.05, 0) is 157 Å². The molecule has 0 fully saturated rings. The van der Waals surface area contributed by atoms with Gasteiger partial charge in [-0.1, -0.05) is 205 Å². The summed E-state index contributed by atoms with van der Waals surface area (Å²) in [5.41, 5.74) is 22.8. The second kappa shape index (κ2) is 13.6. The minimum Gasteiger partial charge on any atom is -0.0830 e. The molecule has 0 saturated carbocycles. The normalized spacial score (nSPS) is 17.6. The summed E-state index contributed by atoms with van der Waals surface area (Å²) in [6, 6.07) is 65.8. The maximum atomic E-state index is 2.66. The van der Waals surface area contributed by atoms with Crippen LogP contribution in [-0.4, -0.2) is 8.07 Å². The van der Waals surface area contributed by atoms with Crippen LogP contribution in [0.15, 0.2) is 188 Å². The summed E-state index contributed by atoms with van der Waals surface area (Å²) >= 11 is 0. The van der Waals surface area contributed by atoms with Crippen LogP contribution in [0.1, 0.15) is 73.4 Å². The van der Waals surface area contributed by atoms with Crippen LogP contribution in [0.5, 0.6) is 0 Å². The van der Waals surface area contributed by atoms with Gasteiger partial charge in [0, 0.05) is 16.7 Å². The molecule has 4 aliphatic rings. The highest BCUT2D eigenvalue weighted by atomic mass is 28.3. The summed E-state index contributed by atoms with van der Waals surface area (Å²) in [7, 11) is -2.03. The first-order chi connectivity index (χ1) is 31.5. The fourth-order valence-electron chi connectivity index (χ4n) is 12.7. The zero-order valence-electron chi connectivity index (χ0n) is 38.2. The van der Waals surface area contributed by atoms with Crippen molar-refractivity contribution >= 4 is 45.6 Å². The largest absolute Gasteiger partial charge is 0.113 e. The number of fused-ring (bicyclic) bond motifs is 11. The fraction of sp³-hybridized carbons (Fsp3) is 0.156. The first-order valence-electron chi connectivity index (χ1n) is 23.6. The van der Waals surface area contributed by atoms with E-state index in [1.807, 2.05) is 0 Å². The zero-order chi connectivity index (χ0) is 44.0. The molecule has 1 heteroatoms. The van der Waals surface area contributed by atoms with Crippen LogP contribution in [0.25, 0.3) is 82.8 Å². The van der Waals surface area contributed by atoms with Crippen molar-refractivity contribution < 1.29 is 0 Å². The Morgan fingerprint density at radius 1 is 0.415 bits per heavy atom. The van der Waals surface area contributed by atoms with Crippen LogP contribution < -0.4 is 10.4 Å². The highest BCUT2D eigenvalue weighted by Crippen LogP contribution is 2.54. The van der Waals surface area contributed by atoms with Gasteiger partial charge >= 0.3 is 0 Å². The zero-order valence-corrected chi connectivity index (χ0v) is 39.2. The summed E-state index contributed by atoms with van der Waals surface area (Å²) in [4.78, 5) is 0. The molecule has 0 N–H and O–H groups in total. The first-order valence-corrected chi connectivity index (χ1v) is 26.6. The van der Waals surface area contributed by atoms with Crippen LogP contribution in [0.2, 0.25) is 13.1 Å². The third kappa shape index (κ3) is 5.43. The van der Waals surface area contributed by atoms with Gasteiger partial charge in [0.25, 0.3) is 0 Å². The minimum atomic E-state index is -2.03. The summed E-state index contributed by atoms with van der Waals surface area (Å²) in [6.45, 7) is 14.8. The Labute approximate surface area is 384 Å². The Morgan fingerprint density at radius 3 is 1.60 bits per heavy atom. The van der Waals surface area contributed by atoms with E-state index in [1.54, 1.807) is 5.19 Å². The Morgan fingerprint density at radius 2 is 0.938 bits per heavy atom. The molecule has 312 valence electrons. The Bertz CT molecular complexity index is 3590. The van der Waals surface area contributed by atoms with Crippen LogP contribution >= 0.6 is 0 Å². The molecule has 0 spiro atoms. The lowest BCUT2D eigenvalue weighted by Crippen LogP contribution is -2.49. The molecule has 9 aromatic carbocycles. The second-order valence-corrected chi connectivity index (χ2v) is 25.1. The van der Waals surface area contributed by atoms with Gasteiger partial charge in [-0.25, -0.2) is 0 Å². The predicted molar refractivity (Wildman–Crippen MR) is 281 cm³/mol. The van der Waals surface area contributed by atoms with Crippen LogP contribution in [0, 0.1) is 0 Å². The molecule has 1 atom stereocenters. The molecule has 0 radical (unpaired) electrons. The van der Waals surface area contributed by atoms with Gasteiger partial charge in [0.15, 0.2) is 0 Å². The average molecular weight is 849 g/mol. The highest BCUT2D eigenvalue weighted by molar-refractivity contribution is 7.04. The predicted octanol–water partition coefficient (Wildman–Crippen LogP) is 15.9. The molecule has 1 heterocycles. The van der Waals surface area contributed by atoms with Crippen molar-refractivity contribution in [3.05, 3.63) is 221 Å². The maximum absolute atomic E-state index is 2.66. The quantitative estimate of drug-likeness (QED) is 0.122. The number of allylic oxidation sites excluding steroid dienone is 4. The van der Waals surface area contributed by atoms with Gasteiger partial charge in [0.05, 0.1) is 0 Å². The SMILES string of the molecule is CC1(C)c2ccccc2-c2ccc(-c3c4ccc(C5=CC(c6ccccc6)CC=C5)cc4c(-c4ccc5c(c4)C(C)(C)c4ccccc4-5)c4cc5c(cc34)-c3ccccc3[Si]5(C)C)cc21. The van der Waals surface area contributed by atoms with Gasteiger partial charge in [0.2, 0.25) is 0 Å². The van der Waals surface area contributed by atoms with Crippen LogP contribution in [0.4, 0.5) is 0 Å². The summed E-state index contributed by atoms with van der Waals surface area (Å²) in [6.07, 6.45) is 8.25. The lowest BCUT2D eigenvalue weighted by atomic mass is 9.79. The third-order valence-electron chi connectivity index (χ3n) is 16.2. The summed E-state index contributed by atoms with van der Waals surface area (Å²) < 4.78 is 0. The molecule has 3 aliphatic carbocycles. The molecule has 0 amide bonds. The van der Waals surface area contributed by atoms with E-state index in [9.17, 15) is 0 Å². The molecule has 9 aromatic rings. The number of benzene rings is 9. The van der Waals surface area contributed by atoms with Crippen molar-refractivity contribution in [2.45, 2.75) is 64.0 Å². The molecular weight excluding hydrogens is 797 g/mol. The monoisotopic (exact) mass is 848 g/mol. The van der Waals surface area contributed by atoms with Crippen molar-refractivity contribution in [1.29, 1.82) is 0 Å². The van der Waals surface area contributed by atoms with Gasteiger partial charge in [-0.2, -0.15) is 0 Å². The average Bonchev–Trinajstić information content (AvgIpc) is 3.81. The summed E-state index contributed by atoms with van der Waals surface area (Å²) in [5.74, 6) is 0.342. The van der Waals surface area contributed by atoms with Crippen molar-refractivity contribution in [1.82, 2.24) is 0 Å². The second-order valence-electron chi connectivity index (χ2n) is 20.8. The highest BCUT2D eigenvalue weighted by Gasteiger charge is 2.40. The van der Waals surface area contributed by atoms with E-state index in [1.165, 1.54) is 121 Å². The van der Waals surface area contributed by atoms with Crippen molar-refractivity contribution in [3.8, 4) is 55.6 Å². The minimum absolute atomic E-state index is 0.111. The van der Waals surface area contributed by atoms with Gasteiger partial charge in [-0.15, -0.1) is 0 Å². The van der Waals surface area contributed by atoms with Crippen molar-refractivity contribution in [3.63, 3.8) is 0 Å². The Kier molecular flexibility index (Phi) is 8.09. The summed E-state index contributed by atoms with van der Waals surface area (Å²) in [5, 5.41) is 8.37. The van der Waals surface area contributed by atoms with Crippen LogP contribution in [-0.2, 0) is 10.8 Å². The topological polar surface area (TPSA) is 0 Å². The van der Waals surface area contributed by atoms with Crippen LogP contribution in [0.3, 0.4) is 0 Å². The van der Waals surface area contributed by atoms with E-state index in [0.29, 0.717) is 5.92 Å². The Hall–Kier alpha value is -6.80. The van der Waals surface area contributed by atoms with E-state index < -0.39 is 8.07 Å². The van der Waals surface area contributed by atoms with Crippen molar-refractivity contribution in [2.75, 3.05) is 0 Å². The van der Waals surface area contributed by atoms with E-state index in [-0.39, 0.29) is 10.8 Å². The smallest absolute Gasteiger partial charge is 0.0830 e. The maximum Gasteiger partial charge on any atom is 0.113 e. The van der Waals surface area contributed by atoms with E-state index in [0.717, 1.165) is 6.42 Å². The van der Waals surface area contributed by atoms with E-state index in [2.05, 4.69) is 229 Å². The standard InChI is InChI=1S/C64H52Si/c1-63(2)55-24-13-10-21-45(55)47-30-28-43(35-57(47)63)61-50-32-27-42(41-20-16-19-40(33-41)39-17-8-7-9-18-39)34-52(50)62(44-29-31-48-46-22-11-14-25-56(46)64(3,4)58(48)36-44)54-38-60-51(37-53(54)61)49-23-12-15-26-59(49)65(60,5)6/h7-18,20-38,40H,19H2,1-6H3. The molecule has 13 rings (SSSR count). The first kappa shape index (κ1) is 38.6. The molecule has 1 unspecified atom stereocenters. The Balaban J connectivity index is 1.14. The van der Waals surface area contributed by atoms with Gasteiger partial charge < -0.3 is 0 Å². The molecule has 0 nitrogen and oxygen atoms in total. The number of hydrogen-bond acceptors (Lipinski definition) is 0.